The normalized spacial score (nSPS) is 11.8. The Balaban J connectivity index is 1.81. The summed E-state index contributed by atoms with van der Waals surface area (Å²) in [6.07, 6.45) is -1.36. The molecule has 1 aromatic carbocycles. The van der Waals surface area contributed by atoms with Gasteiger partial charge in [-0.3, -0.25) is 14.5 Å². The highest BCUT2D eigenvalue weighted by Crippen LogP contribution is 2.32. The molecule has 0 fully saturated rings. The number of halogens is 3. The second-order valence-electron chi connectivity index (χ2n) is 6.01. The van der Waals surface area contributed by atoms with Crippen molar-refractivity contribution in [3.05, 3.63) is 82.7 Å². The Morgan fingerprint density at radius 3 is 2.59 bits per heavy atom. The second kappa shape index (κ2) is 6.39. The number of pyridine rings is 2. The van der Waals surface area contributed by atoms with Gasteiger partial charge in [-0.05, 0) is 35.9 Å². The Morgan fingerprint density at radius 1 is 1.00 bits per heavy atom. The third-order valence-electron chi connectivity index (χ3n) is 4.20. The molecule has 3 aromatic heterocycles. The highest BCUT2D eigenvalue weighted by molar-refractivity contribution is 5.78. The summed E-state index contributed by atoms with van der Waals surface area (Å²) in [6.45, 7) is 0.230. The molecule has 4 rings (SSSR count). The molecule has 5 nitrogen and oxygen atoms in total. The summed E-state index contributed by atoms with van der Waals surface area (Å²) >= 11 is 0. The van der Waals surface area contributed by atoms with E-state index in [0.717, 1.165) is 12.1 Å². The Morgan fingerprint density at radius 2 is 1.85 bits per heavy atom. The molecule has 0 atom stereocenters. The van der Waals surface area contributed by atoms with Crippen molar-refractivity contribution < 1.29 is 13.2 Å². The van der Waals surface area contributed by atoms with Crippen LogP contribution in [-0.2, 0) is 12.7 Å². The van der Waals surface area contributed by atoms with Crippen molar-refractivity contribution in [1.29, 1.82) is 0 Å². The summed E-state index contributed by atoms with van der Waals surface area (Å²) < 4.78 is 40.4. The van der Waals surface area contributed by atoms with Gasteiger partial charge in [0.25, 0.3) is 0 Å². The topological polar surface area (TPSA) is 63.6 Å². The molecule has 8 heteroatoms. The Labute approximate surface area is 151 Å². The van der Waals surface area contributed by atoms with Crippen molar-refractivity contribution in [2.24, 2.45) is 0 Å². The molecule has 0 aliphatic rings. The first kappa shape index (κ1) is 17.0. The van der Waals surface area contributed by atoms with Gasteiger partial charge in [-0.15, -0.1) is 0 Å². The molecule has 0 aliphatic heterocycles. The standard InChI is InChI=1S/C19H13F3N4O/c20-19(21,22)14-5-3-4-12(8-14)13-9-16-17(24-10-13)25-18(27)26(16)11-15-6-1-2-7-23-15/h1-10H,11H2,(H,24,25,27). The molecule has 3 heterocycles. The van der Waals surface area contributed by atoms with Crippen LogP contribution in [-0.4, -0.2) is 19.5 Å². The number of nitrogens with zero attached hydrogens (tertiary/aromatic N) is 3. The summed E-state index contributed by atoms with van der Waals surface area (Å²) in [5.41, 5.74) is 1.32. The summed E-state index contributed by atoms with van der Waals surface area (Å²) in [7, 11) is 0. The quantitative estimate of drug-likeness (QED) is 0.596. The fraction of sp³-hybridized carbons (Fsp3) is 0.105. The van der Waals surface area contributed by atoms with Gasteiger partial charge in [-0.2, -0.15) is 13.2 Å². The number of alkyl halides is 3. The lowest BCUT2D eigenvalue weighted by molar-refractivity contribution is -0.137. The third-order valence-corrected chi connectivity index (χ3v) is 4.20. The molecule has 0 bridgehead atoms. The average molecular weight is 370 g/mol. The van der Waals surface area contributed by atoms with Gasteiger partial charge in [-0.1, -0.05) is 18.2 Å². The van der Waals surface area contributed by atoms with E-state index in [1.165, 1.54) is 16.8 Å². The molecule has 0 spiro atoms. The lowest BCUT2D eigenvalue weighted by atomic mass is 10.0. The van der Waals surface area contributed by atoms with Gasteiger partial charge in [-0.25, -0.2) is 9.78 Å². The van der Waals surface area contributed by atoms with E-state index in [2.05, 4.69) is 15.0 Å². The molecule has 0 amide bonds. The molecule has 27 heavy (non-hydrogen) atoms. The maximum Gasteiger partial charge on any atom is 0.416 e. The zero-order chi connectivity index (χ0) is 19.0. The molecule has 136 valence electrons. The minimum atomic E-state index is -4.43. The fourth-order valence-electron chi connectivity index (χ4n) is 2.88. The number of hydrogen-bond donors (Lipinski definition) is 1. The molecule has 0 saturated heterocycles. The largest absolute Gasteiger partial charge is 0.416 e. The number of H-pyrrole nitrogens is 1. The first-order valence-corrected chi connectivity index (χ1v) is 8.08. The predicted octanol–water partition coefficient (Wildman–Crippen LogP) is 3.85. The zero-order valence-corrected chi connectivity index (χ0v) is 13.9. The Hall–Kier alpha value is -3.42. The van der Waals surface area contributed by atoms with Gasteiger partial charge < -0.3 is 0 Å². The monoisotopic (exact) mass is 370 g/mol. The maximum atomic E-state index is 13.0. The Kier molecular flexibility index (Phi) is 4.02. The summed E-state index contributed by atoms with van der Waals surface area (Å²) in [6, 6.07) is 12.0. The van der Waals surface area contributed by atoms with Crippen LogP contribution >= 0.6 is 0 Å². The number of benzene rings is 1. The summed E-state index contributed by atoms with van der Waals surface area (Å²) in [4.78, 5) is 23.3. The number of rotatable bonds is 3. The summed E-state index contributed by atoms with van der Waals surface area (Å²) in [5, 5.41) is 0. The summed E-state index contributed by atoms with van der Waals surface area (Å²) in [5.74, 6) is 0. The smallest absolute Gasteiger partial charge is 0.290 e. The van der Waals surface area contributed by atoms with Gasteiger partial charge in [0.2, 0.25) is 0 Å². The van der Waals surface area contributed by atoms with Crippen LogP contribution in [0.5, 0.6) is 0 Å². The van der Waals surface area contributed by atoms with Gasteiger partial charge in [0.1, 0.15) is 0 Å². The van der Waals surface area contributed by atoms with E-state index >= 15 is 0 Å². The van der Waals surface area contributed by atoms with Crippen LogP contribution in [0.15, 0.2) is 65.7 Å². The number of nitrogens with one attached hydrogen (secondary N) is 1. The van der Waals surface area contributed by atoms with Gasteiger partial charge in [0.15, 0.2) is 5.65 Å². The van der Waals surface area contributed by atoms with Crippen molar-refractivity contribution in [3.8, 4) is 11.1 Å². The Bertz CT molecular complexity index is 1160. The van der Waals surface area contributed by atoms with E-state index in [0.29, 0.717) is 28.0 Å². The minimum absolute atomic E-state index is 0.230. The van der Waals surface area contributed by atoms with Crippen molar-refractivity contribution in [3.63, 3.8) is 0 Å². The van der Waals surface area contributed by atoms with E-state index in [9.17, 15) is 18.0 Å². The molecule has 0 saturated carbocycles. The highest BCUT2D eigenvalue weighted by atomic mass is 19.4. The van der Waals surface area contributed by atoms with Crippen LogP contribution in [0.4, 0.5) is 13.2 Å². The second-order valence-corrected chi connectivity index (χ2v) is 6.01. The lowest BCUT2D eigenvalue weighted by Gasteiger charge is -2.09. The average Bonchev–Trinajstić information content (AvgIpc) is 2.97. The van der Waals surface area contributed by atoms with Gasteiger partial charge in [0.05, 0.1) is 23.3 Å². The number of hydrogen-bond acceptors (Lipinski definition) is 3. The predicted molar refractivity (Wildman–Crippen MR) is 94.1 cm³/mol. The van der Waals surface area contributed by atoms with Crippen molar-refractivity contribution in [1.82, 2.24) is 19.5 Å². The molecule has 1 N–H and O–H groups in total. The molecule has 0 aliphatic carbocycles. The van der Waals surface area contributed by atoms with Crippen molar-refractivity contribution in [2.45, 2.75) is 12.7 Å². The van der Waals surface area contributed by atoms with Gasteiger partial charge >= 0.3 is 11.9 Å². The lowest BCUT2D eigenvalue weighted by Crippen LogP contribution is -2.17. The zero-order valence-electron chi connectivity index (χ0n) is 13.9. The van der Waals surface area contributed by atoms with Crippen molar-refractivity contribution in [2.75, 3.05) is 0 Å². The minimum Gasteiger partial charge on any atom is -0.290 e. The third kappa shape index (κ3) is 3.33. The van der Waals surface area contributed by atoms with Crippen LogP contribution in [0.3, 0.4) is 0 Å². The van der Waals surface area contributed by atoms with E-state index in [1.54, 1.807) is 30.5 Å². The first-order chi connectivity index (χ1) is 12.9. The number of aromatic nitrogens is 4. The number of imidazole rings is 1. The highest BCUT2D eigenvalue weighted by Gasteiger charge is 2.30. The van der Waals surface area contributed by atoms with Crippen LogP contribution in [0, 0.1) is 0 Å². The molecular formula is C19H13F3N4O. The number of aromatic amines is 1. The molecular weight excluding hydrogens is 357 g/mol. The van der Waals surface area contributed by atoms with E-state index in [1.807, 2.05) is 6.07 Å². The van der Waals surface area contributed by atoms with Crippen LogP contribution in [0.2, 0.25) is 0 Å². The maximum absolute atomic E-state index is 13.0. The number of fused-ring (bicyclic) bond motifs is 1. The van der Waals surface area contributed by atoms with E-state index in [-0.39, 0.29) is 12.2 Å². The van der Waals surface area contributed by atoms with Crippen molar-refractivity contribution >= 4 is 11.2 Å². The van der Waals surface area contributed by atoms with Crippen LogP contribution in [0.1, 0.15) is 11.3 Å². The first-order valence-electron chi connectivity index (χ1n) is 8.08. The molecule has 0 unspecified atom stereocenters. The van der Waals surface area contributed by atoms with E-state index in [4.69, 9.17) is 0 Å². The molecule has 4 aromatic rings. The van der Waals surface area contributed by atoms with Crippen LogP contribution in [0.25, 0.3) is 22.3 Å². The van der Waals surface area contributed by atoms with Crippen LogP contribution < -0.4 is 5.69 Å². The SMILES string of the molecule is O=c1[nH]c2ncc(-c3cccc(C(F)(F)F)c3)cc2n1Cc1ccccn1. The molecule has 0 radical (unpaired) electrons. The fourth-order valence-corrected chi connectivity index (χ4v) is 2.88. The van der Waals surface area contributed by atoms with Gasteiger partial charge in [0, 0.05) is 18.0 Å². The van der Waals surface area contributed by atoms with E-state index < -0.39 is 11.7 Å².